The molecule has 2 N–H and O–H groups in total. The van der Waals surface area contributed by atoms with Crippen LogP contribution in [0.15, 0.2) is 53.7 Å². The van der Waals surface area contributed by atoms with Gasteiger partial charge in [-0.3, -0.25) is 18.1 Å². The van der Waals surface area contributed by atoms with E-state index in [2.05, 4.69) is 38.6 Å². The number of anilines is 2. The number of rotatable bonds is 9. The zero-order valence-corrected chi connectivity index (χ0v) is 24.2. The Morgan fingerprint density at radius 2 is 1.98 bits per heavy atom. The molecule has 2 atom stereocenters. The van der Waals surface area contributed by atoms with Crippen LogP contribution in [0.4, 0.5) is 11.6 Å². The van der Waals surface area contributed by atoms with E-state index in [1.165, 1.54) is 26.9 Å². The van der Waals surface area contributed by atoms with Gasteiger partial charge in [-0.05, 0) is 81.6 Å². The fourth-order valence-corrected chi connectivity index (χ4v) is 6.47. The Hall–Kier alpha value is -3.83. The van der Waals surface area contributed by atoms with Gasteiger partial charge in [0, 0.05) is 47.4 Å². The Kier molecular flexibility index (Phi) is 7.25. The van der Waals surface area contributed by atoms with E-state index in [-0.39, 0.29) is 29.1 Å². The highest BCUT2D eigenvalue weighted by Gasteiger charge is 2.33. The second-order valence-electron chi connectivity index (χ2n) is 11.3. The summed E-state index contributed by atoms with van der Waals surface area (Å²) in [5, 5.41) is 7.03. The number of hydrogen-bond acceptors (Lipinski definition) is 8. The van der Waals surface area contributed by atoms with Gasteiger partial charge in [-0.25, -0.2) is 14.2 Å². The quantitative estimate of drug-likeness (QED) is 0.229. The zero-order valence-electron chi connectivity index (χ0n) is 23.4. The molecule has 4 heterocycles. The molecule has 1 saturated heterocycles. The van der Waals surface area contributed by atoms with Crippen molar-refractivity contribution in [3.8, 4) is 0 Å². The summed E-state index contributed by atoms with van der Waals surface area (Å²) in [5.74, 6) is 4.90. The number of pyridine rings is 1. The SMILES string of the molecule is C=S(=O)(C(C)C)n1ccnc1Cn1c(=O)c(C(=O)C2CC2)cc2cnc(Nc3ccc(C4CCCNC4)cc3)nc21. The van der Waals surface area contributed by atoms with E-state index in [0.29, 0.717) is 28.7 Å². The van der Waals surface area contributed by atoms with E-state index < -0.39 is 15.3 Å². The van der Waals surface area contributed by atoms with Crippen LogP contribution in [0.1, 0.15) is 67.2 Å². The lowest BCUT2D eigenvalue weighted by atomic mass is 9.92. The normalized spacial score (nSPS) is 18.9. The topological polar surface area (TPSA) is 124 Å². The third-order valence-electron chi connectivity index (χ3n) is 8.02. The van der Waals surface area contributed by atoms with Crippen LogP contribution in [0, 0.1) is 5.92 Å². The highest BCUT2D eigenvalue weighted by Crippen LogP contribution is 2.32. The van der Waals surface area contributed by atoms with Gasteiger partial charge in [-0.15, -0.1) is 0 Å². The van der Waals surface area contributed by atoms with Crippen molar-refractivity contribution < 1.29 is 9.00 Å². The average Bonchev–Trinajstić information content (AvgIpc) is 3.72. The predicted octanol–water partition coefficient (Wildman–Crippen LogP) is 3.73. The number of ketones is 1. The molecule has 2 unspecified atom stereocenters. The van der Waals surface area contributed by atoms with Crippen LogP contribution in [0.25, 0.3) is 11.0 Å². The first-order valence-corrected chi connectivity index (χ1v) is 15.9. The smallest absolute Gasteiger partial charge is 0.263 e. The van der Waals surface area contributed by atoms with Gasteiger partial charge in [0.15, 0.2) is 5.78 Å². The molecule has 11 heteroatoms. The summed E-state index contributed by atoms with van der Waals surface area (Å²) >= 11 is 0. The number of carbonyl (C=O) groups excluding carboxylic acids is 1. The van der Waals surface area contributed by atoms with Crippen molar-refractivity contribution in [1.29, 1.82) is 0 Å². The van der Waals surface area contributed by atoms with Crippen molar-refractivity contribution in [2.45, 2.75) is 57.2 Å². The molecule has 10 nitrogen and oxygen atoms in total. The first-order chi connectivity index (χ1) is 19.7. The van der Waals surface area contributed by atoms with Crippen LogP contribution in [-0.2, 0) is 16.3 Å². The lowest BCUT2D eigenvalue weighted by Crippen LogP contribution is -2.31. The maximum absolute atomic E-state index is 13.8. The molecule has 2 fully saturated rings. The molecule has 41 heavy (non-hydrogen) atoms. The van der Waals surface area contributed by atoms with E-state index in [4.69, 9.17) is 4.98 Å². The van der Waals surface area contributed by atoms with Crippen LogP contribution in [0.3, 0.4) is 0 Å². The number of benzene rings is 1. The minimum Gasteiger partial charge on any atom is -0.324 e. The molecule has 2 aliphatic rings. The van der Waals surface area contributed by atoms with Crippen LogP contribution >= 0.6 is 0 Å². The van der Waals surface area contributed by atoms with Crippen LogP contribution in [-0.4, -0.2) is 57.7 Å². The molecule has 0 radical (unpaired) electrons. The largest absolute Gasteiger partial charge is 0.324 e. The zero-order chi connectivity index (χ0) is 28.7. The Morgan fingerprint density at radius 3 is 2.66 bits per heavy atom. The second kappa shape index (κ2) is 10.9. The summed E-state index contributed by atoms with van der Waals surface area (Å²) < 4.78 is 16.4. The average molecular weight is 574 g/mol. The van der Waals surface area contributed by atoms with Gasteiger partial charge in [0.2, 0.25) is 5.95 Å². The monoisotopic (exact) mass is 573 g/mol. The van der Waals surface area contributed by atoms with E-state index in [0.717, 1.165) is 31.6 Å². The Labute approximate surface area is 239 Å². The molecule has 0 bridgehead atoms. The fraction of sp³-hybridized carbons (Fsp3) is 0.400. The van der Waals surface area contributed by atoms with Gasteiger partial charge in [-0.1, -0.05) is 12.1 Å². The standard InChI is InChI=1S/C30H35N7O3S/c1-19(2)41(3,40)37-14-13-32-26(37)18-36-28-23(15-25(29(36)39)27(38)21-6-7-21)17-33-30(35-28)34-24-10-8-20(9-11-24)22-5-4-12-31-16-22/h8-11,13-15,17,19,21-22,31H,3-7,12,16,18H2,1-2H3,(H,33,34,35). The highest BCUT2D eigenvalue weighted by molar-refractivity contribution is 7.99. The lowest BCUT2D eigenvalue weighted by molar-refractivity contribution is 0.0966. The molecule has 3 aromatic heterocycles. The molecular weight excluding hydrogens is 538 g/mol. The Bertz CT molecular complexity index is 1760. The number of piperidine rings is 1. The summed E-state index contributed by atoms with van der Waals surface area (Å²) in [6, 6.07) is 9.86. The molecule has 0 spiro atoms. The van der Waals surface area contributed by atoms with Crippen LogP contribution < -0.4 is 16.2 Å². The molecule has 6 rings (SSSR count). The third kappa shape index (κ3) is 5.43. The summed E-state index contributed by atoms with van der Waals surface area (Å²) in [6.45, 7) is 5.71. The Balaban J connectivity index is 1.38. The van der Waals surface area contributed by atoms with Gasteiger partial charge >= 0.3 is 0 Å². The molecule has 0 amide bonds. The first-order valence-electron chi connectivity index (χ1n) is 14.1. The van der Waals surface area contributed by atoms with Crippen LogP contribution in [0.5, 0.6) is 0 Å². The third-order valence-corrected chi connectivity index (χ3v) is 10.5. The van der Waals surface area contributed by atoms with Crippen molar-refractivity contribution in [3.05, 3.63) is 76.2 Å². The van der Waals surface area contributed by atoms with Gasteiger partial charge in [0.1, 0.15) is 11.5 Å². The molecule has 1 aliphatic heterocycles. The number of aromatic nitrogens is 5. The molecule has 214 valence electrons. The van der Waals surface area contributed by atoms with Crippen molar-refractivity contribution in [3.63, 3.8) is 0 Å². The second-order valence-corrected chi connectivity index (χ2v) is 14.0. The predicted molar refractivity (Wildman–Crippen MR) is 163 cm³/mol. The van der Waals surface area contributed by atoms with Gasteiger partial charge in [-0.2, -0.15) is 4.98 Å². The first kappa shape index (κ1) is 27.3. The molecular formula is C30H35N7O3S. The van der Waals surface area contributed by atoms with E-state index in [1.807, 2.05) is 26.0 Å². The number of hydrogen-bond donors (Lipinski definition) is 2. The minimum absolute atomic E-state index is 0.0199. The highest BCUT2D eigenvalue weighted by atomic mass is 32.2. The van der Waals surface area contributed by atoms with Crippen molar-refractivity contribution >= 4 is 44.0 Å². The van der Waals surface area contributed by atoms with Gasteiger partial charge in [0.25, 0.3) is 5.56 Å². The summed E-state index contributed by atoms with van der Waals surface area (Å²) in [6.07, 6.45) is 8.71. The summed E-state index contributed by atoms with van der Waals surface area (Å²) in [7, 11) is -2.72. The lowest BCUT2D eigenvalue weighted by Gasteiger charge is -2.23. The fourth-order valence-electron chi connectivity index (χ4n) is 5.30. The minimum atomic E-state index is -2.72. The number of Topliss-reactive ketones (excluding diaryl/α,β-unsaturated/α-hetero) is 1. The molecule has 1 aromatic carbocycles. The maximum Gasteiger partial charge on any atom is 0.263 e. The Morgan fingerprint density at radius 1 is 1.20 bits per heavy atom. The van der Waals surface area contributed by atoms with Crippen molar-refractivity contribution in [1.82, 2.24) is 28.8 Å². The maximum atomic E-state index is 13.8. The summed E-state index contributed by atoms with van der Waals surface area (Å²) in [4.78, 5) is 40.4. The van der Waals surface area contributed by atoms with Gasteiger partial charge < -0.3 is 10.6 Å². The number of carbonyl (C=O) groups is 1. The number of nitrogens with zero attached hydrogens (tertiary/aromatic N) is 5. The van der Waals surface area contributed by atoms with Crippen LogP contribution in [0.2, 0.25) is 0 Å². The van der Waals surface area contributed by atoms with E-state index in [1.54, 1.807) is 24.7 Å². The molecule has 4 aromatic rings. The number of fused-ring (bicyclic) bond motifs is 1. The van der Waals surface area contributed by atoms with E-state index in [9.17, 15) is 13.8 Å². The number of nitrogens with one attached hydrogen (secondary N) is 2. The summed E-state index contributed by atoms with van der Waals surface area (Å²) in [5.41, 5.74) is 2.16. The van der Waals surface area contributed by atoms with Crippen molar-refractivity contribution in [2.75, 3.05) is 18.4 Å². The van der Waals surface area contributed by atoms with Crippen molar-refractivity contribution in [2.24, 2.45) is 5.92 Å². The molecule has 1 saturated carbocycles. The van der Waals surface area contributed by atoms with E-state index >= 15 is 0 Å². The number of imidazole rings is 1. The van der Waals surface area contributed by atoms with Gasteiger partial charge in [0.05, 0.1) is 21.8 Å². The molecule has 1 aliphatic carbocycles.